The third-order valence-corrected chi connectivity index (χ3v) is 3.70. The fourth-order valence-electron chi connectivity index (χ4n) is 2.21. The Morgan fingerprint density at radius 3 is 2.52 bits per heavy atom. The summed E-state index contributed by atoms with van der Waals surface area (Å²) < 4.78 is 0. The van der Waals surface area contributed by atoms with Crippen LogP contribution in [-0.4, -0.2) is 22.3 Å². The van der Waals surface area contributed by atoms with Gasteiger partial charge in [0.1, 0.15) is 0 Å². The van der Waals surface area contributed by atoms with Gasteiger partial charge >= 0.3 is 0 Å². The lowest BCUT2D eigenvalue weighted by Crippen LogP contribution is -2.19. The lowest BCUT2D eigenvalue weighted by Gasteiger charge is -2.04. The van der Waals surface area contributed by atoms with Crippen LogP contribution in [0.1, 0.15) is 48.6 Å². The van der Waals surface area contributed by atoms with Crippen molar-refractivity contribution in [1.29, 1.82) is 0 Å². The molecule has 6 heteroatoms. The summed E-state index contributed by atoms with van der Waals surface area (Å²) in [7, 11) is 0. The van der Waals surface area contributed by atoms with Crippen LogP contribution in [0.4, 0.5) is 0 Å². The van der Waals surface area contributed by atoms with Crippen molar-refractivity contribution < 1.29 is 4.79 Å². The van der Waals surface area contributed by atoms with Crippen LogP contribution in [0, 0.1) is 6.92 Å². The predicted octanol–water partition coefficient (Wildman–Crippen LogP) is 2.22. The summed E-state index contributed by atoms with van der Waals surface area (Å²) in [5, 5.41) is 9.18. The molecule has 0 unspecified atom stereocenters. The molecule has 0 atom stereocenters. The number of aromatic nitrogens is 2. The molecule has 0 saturated carbocycles. The number of aromatic amines is 2. The molecule has 0 saturated heterocycles. The number of carbonyl (C=O) groups excluding carboxylic acids is 1. The van der Waals surface area contributed by atoms with Gasteiger partial charge in [-0.2, -0.15) is 5.10 Å². The zero-order chi connectivity index (χ0) is 16.8. The number of hydrogen-bond acceptors (Lipinski definition) is 3. The molecule has 1 aromatic heterocycles. The number of hydrazone groups is 1. The smallest absolute Gasteiger partial charge is 0.267 e. The van der Waals surface area contributed by atoms with Gasteiger partial charge in [0.15, 0.2) is 0 Å². The molecule has 0 aliphatic carbocycles. The SMILES string of the molecule is Cc1[nH][nH]c(=O)c1CCC(=O)N/N=C/c1ccc(C(C)C)cc1. The molecule has 3 N–H and O–H groups in total. The second-order valence-electron chi connectivity index (χ2n) is 5.80. The highest BCUT2D eigenvalue weighted by Crippen LogP contribution is 2.13. The molecule has 0 bridgehead atoms. The zero-order valence-electron chi connectivity index (χ0n) is 13.6. The van der Waals surface area contributed by atoms with E-state index in [0.29, 0.717) is 17.9 Å². The Hall–Kier alpha value is -2.63. The molecule has 1 heterocycles. The Kier molecular flexibility index (Phi) is 5.51. The predicted molar refractivity (Wildman–Crippen MR) is 90.7 cm³/mol. The minimum absolute atomic E-state index is 0.177. The fourth-order valence-corrected chi connectivity index (χ4v) is 2.21. The maximum absolute atomic E-state index is 11.7. The molecule has 2 rings (SSSR count). The lowest BCUT2D eigenvalue weighted by atomic mass is 10.0. The molecule has 122 valence electrons. The summed E-state index contributed by atoms with van der Waals surface area (Å²) in [5.41, 5.74) is 5.85. The lowest BCUT2D eigenvalue weighted by molar-refractivity contribution is -0.121. The maximum atomic E-state index is 11.7. The van der Waals surface area contributed by atoms with Gasteiger partial charge in [0, 0.05) is 17.7 Å². The molecule has 1 aromatic carbocycles. The number of H-pyrrole nitrogens is 2. The van der Waals surface area contributed by atoms with Gasteiger partial charge in [0.2, 0.25) is 5.91 Å². The van der Waals surface area contributed by atoms with Crippen molar-refractivity contribution in [2.45, 2.75) is 39.5 Å². The van der Waals surface area contributed by atoms with Gasteiger partial charge < -0.3 is 5.10 Å². The maximum Gasteiger partial charge on any atom is 0.267 e. The first kappa shape index (κ1) is 16.7. The van der Waals surface area contributed by atoms with Gasteiger partial charge in [0.05, 0.1) is 6.21 Å². The Bertz CT molecular complexity index is 739. The number of hydrogen-bond donors (Lipinski definition) is 3. The summed E-state index contributed by atoms with van der Waals surface area (Å²) in [4.78, 5) is 23.2. The molecule has 0 aliphatic rings. The average molecular weight is 314 g/mol. The van der Waals surface area contributed by atoms with Gasteiger partial charge in [-0.1, -0.05) is 38.1 Å². The molecule has 23 heavy (non-hydrogen) atoms. The van der Waals surface area contributed by atoms with E-state index < -0.39 is 0 Å². The van der Waals surface area contributed by atoms with E-state index in [0.717, 1.165) is 11.3 Å². The van der Waals surface area contributed by atoms with E-state index in [1.165, 1.54) is 5.56 Å². The van der Waals surface area contributed by atoms with E-state index in [2.05, 4.69) is 46.7 Å². The second kappa shape index (κ2) is 7.58. The van der Waals surface area contributed by atoms with Gasteiger partial charge in [-0.05, 0) is 30.4 Å². The normalized spacial score (nSPS) is 11.3. The van der Waals surface area contributed by atoms with Gasteiger partial charge in [-0.15, -0.1) is 0 Å². The van der Waals surface area contributed by atoms with Crippen LogP contribution in [0.5, 0.6) is 0 Å². The highest BCUT2D eigenvalue weighted by atomic mass is 16.2. The van der Waals surface area contributed by atoms with Crippen LogP contribution in [0.25, 0.3) is 0 Å². The van der Waals surface area contributed by atoms with Crippen molar-refractivity contribution in [2.75, 3.05) is 0 Å². The van der Waals surface area contributed by atoms with Crippen LogP contribution in [-0.2, 0) is 11.2 Å². The first-order valence-electron chi connectivity index (χ1n) is 7.65. The Balaban J connectivity index is 1.83. The number of benzene rings is 1. The zero-order valence-corrected chi connectivity index (χ0v) is 13.6. The van der Waals surface area contributed by atoms with Crippen molar-refractivity contribution in [1.82, 2.24) is 15.6 Å². The molecule has 0 aliphatic heterocycles. The van der Waals surface area contributed by atoms with Crippen LogP contribution in [0.3, 0.4) is 0 Å². The third-order valence-electron chi connectivity index (χ3n) is 3.70. The molecule has 6 nitrogen and oxygen atoms in total. The summed E-state index contributed by atoms with van der Waals surface area (Å²) >= 11 is 0. The number of amides is 1. The van der Waals surface area contributed by atoms with E-state index in [-0.39, 0.29) is 17.9 Å². The van der Waals surface area contributed by atoms with Gasteiger partial charge in [-0.25, -0.2) is 5.43 Å². The van der Waals surface area contributed by atoms with Crippen LogP contribution in [0.15, 0.2) is 34.2 Å². The van der Waals surface area contributed by atoms with E-state index in [4.69, 9.17) is 0 Å². The first-order valence-corrected chi connectivity index (χ1v) is 7.65. The van der Waals surface area contributed by atoms with Gasteiger partial charge in [-0.3, -0.25) is 14.7 Å². The number of nitrogens with one attached hydrogen (secondary N) is 3. The number of nitrogens with zero attached hydrogens (tertiary/aromatic N) is 1. The van der Waals surface area contributed by atoms with Crippen LogP contribution >= 0.6 is 0 Å². The topological polar surface area (TPSA) is 90.1 Å². The Morgan fingerprint density at radius 2 is 1.96 bits per heavy atom. The van der Waals surface area contributed by atoms with Crippen molar-refractivity contribution in [3.05, 3.63) is 57.0 Å². The largest absolute Gasteiger partial charge is 0.302 e. The van der Waals surface area contributed by atoms with Crippen molar-refractivity contribution in [3.8, 4) is 0 Å². The first-order chi connectivity index (χ1) is 11.0. The van der Waals surface area contributed by atoms with E-state index in [9.17, 15) is 9.59 Å². The highest BCUT2D eigenvalue weighted by Gasteiger charge is 2.08. The standard InChI is InChI=1S/C17H22N4O2/c1-11(2)14-6-4-13(5-7-14)10-18-20-16(22)9-8-15-12(3)19-21-17(15)23/h4-7,10-11H,8-9H2,1-3H3,(H,20,22)(H2,19,21,23)/b18-10+. The number of aryl methyl sites for hydroxylation is 1. The van der Waals surface area contributed by atoms with Crippen molar-refractivity contribution in [2.24, 2.45) is 5.10 Å². The number of rotatable bonds is 6. The quantitative estimate of drug-likeness (QED) is 0.563. The van der Waals surface area contributed by atoms with Gasteiger partial charge in [0.25, 0.3) is 5.56 Å². The summed E-state index contributed by atoms with van der Waals surface area (Å²) in [5.74, 6) is 0.265. The molecule has 0 fully saturated rings. The van der Waals surface area contributed by atoms with Crippen LogP contribution < -0.4 is 11.0 Å². The molecule has 0 spiro atoms. The van der Waals surface area contributed by atoms with E-state index in [1.807, 2.05) is 12.1 Å². The Labute approximate surface area is 135 Å². The average Bonchev–Trinajstić information content (AvgIpc) is 2.84. The minimum Gasteiger partial charge on any atom is -0.302 e. The highest BCUT2D eigenvalue weighted by molar-refractivity contribution is 5.82. The molecular weight excluding hydrogens is 292 g/mol. The van der Waals surface area contributed by atoms with Crippen LogP contribution in [0.2, 0.25) is 0 Å². The van der Waals surface area contributed by atoms with E-state index in [1.54, 1.807) is 13.1 Å². The summed E-state index contributed by atoms with van der Waals surface area (Å²) in [6, 6.07) is 8.03. The second-order valence-corrected chi connectivity index (χ2v) is 5.80. The minimum atomic E-state index is -0.222. The molecular formula is C17H22N4O2. The fraction of sp³-hybridized carbons (Fsp3) is 0.353. The third kappa shape index (κ3) is 4.67. The molecule has 1 amide bonds. The summed E-state index contributed by atoms with van der Waals surface area (Å²) in [6.07, 6.45) is 2.21. The molecule has 2 aromatic rings. The molecule has 0 radical (unpaired) electrons. The summed E-state index contributed by atoms with van der Waals surface area (Å²) in [6.45, 7) is 6.07. The van der Waals surface area contributed by atoms with E-state index >= 15 is 0 Å². The number of carbonyl (C=O) groups is 1. The monoisotopic (exact) mass is 314 g/mol. The van der Waals surface area contributed by atoms with Crippen molar-refractivity contribution >= 4 is 12.1 Å². The Morgan fingerprint density at radius 1 is 1.26 bits per heavy atom. The van der Waals surface area contributed by atoms with Crippen molar-refractivity contribution in [3.63, 3.8) is 0 Å².